The van der Waals surface area contributed by atoms with E-state index in [0.29, 0.717) is 17.4 Å². The van der Waals surface area contributed by atoms with E-state index < -0.39 is 0 Å². The SMILES string of the molecule is CSc1cccc(Nc2nc(NC3C4C=CC(C4)C3C(N)=O)c3[nH]c[nH+]c3n2)c1. The van der Waals surface area contributed by atoms with Gasteiger partial charge in [0.15, 0.2) is 12.1 Å². The van der Waals surface area contributed by atoms with Gasteiger partial charge in [-0.1, -0.05) is 23.2 Å². The Hall–Kier alpha value is -3.07. The molecule has 0 radical (unpaired) electrons. The monoisotopic (exact) mass is 408 g/mol. The number of amides is 1. The molecule has 1 fully saturated rings. The molecule has 0 spiro atoms. The van der Waals surface area contributed by atoms with Gasteiger partial charge in [0.1, 0.15) is 0 Å². The van der Waals surface area contributed by atoms with Crippen LogP contribution in [0.3, 0.4) is 0 Å². The molecule has 8 nitrogen and oxygen atoms in total. The summed E-state index contributed by atoms with van der Waals surface area (Å²) in [5.74, 6) is 1.10. The Morgan fingerprint density at radius 3 is 3.00 bits per heavy atom. The highest BCUT2D eigenvalue weighted by molar-refractivity contribution is 7.98. The Balaban J connectivity index is 1.48. The van der Waals surface area contributed by atoms with Crippen molar-refractivity contribution in [1.82, 2.24) is 15.0 Å². The summed E-state index contributed by atoms with van der Waals surface area (Å²) in [5, 5.41) is 6.76. The Morgan fingerprint density at radius 1 is 1.31 bits per heavy atom. The number of carbonyl (C=O) groups excluding carboxylic acids is 1. The minimum absolute atomic E-state index is 0.0726. The third-order valence-electron chi connectivity index (χ3n) is 5.75. The predicted octanol–water partition coefficient (Wildman–Crippen LogP) is 2.33. The molecule has 0 saturated heterocycles. The summed E-state index contributed by atoms with van der Waals surface area (Å²) in [6.45, 7) is 0. The van der Waals surface area contributed by atoms with E-state index in [9.17, 15) is 4.79 Å². The molecule has 1 aromatic carbocycles. The summed E-state index contributed by atoms with van der Waals surface area (Å²) < 4.78 is 0. The van der Waals surface area contributed by atoms with Crippen LogP contribution < -0.4 is 21.4 Å². The molecular formula is C20H22N7OS+. The summed E-state index contributed by atoms with van der Waals surface area (Å²) in [4.78, 5) is 28.7. The molecule has 2 heterocycles. The number of H-pyrrole nitrogens is 2. The second-order valence-corrected chi connectivity index (χ2v) is 8.34. The number of nitrogens with one attached hydrogen (secondary N) is 4. The van der Waals surface area contributed by atoms with Crippen molar-refractivity contribution in [2.24, 2.45) is 23.5 Å². The topological polar surface area (TPSA) is 123 Å². The lowest BCUT2D eigenvalue weighted by Crippen LogP contribution is -2.41. The number of nitrogens with two attached hydrogens (primary N) is 1. The second-order valence-electron chi connectivity index (χ2n) is 7.46. The lowest BCUT2D eigenvalue weighted by molar-refractivity contribution is -0.347. The van der Waals surface area contributed by atoms with E-state index in [1.54, 1.807) is 18.1 Å². The number of carbonyl (C=O) groups is 1. The first-order valence-corrected chi connectivity index (χ1v) is 10.8. The zero-order valence-electron chi connectivity index (χ0n) is 15.8. The van der Waals surface area contributed by atoms with E-state index in [4.69, 9.17) is 10.7 Å². The van der Waals surface area contributed by atoms with E-state index in [1.807, 2.05) is 18.4 Å². The lowest BCUT2D eigenvalue weighted by atomic mass is 9.88. The van der Waals surface area contributed by atoms with E-state index >= 15 is 0 Å². The van der Waals surface area contributed by atoms with Crippen molar-refractivity contribution < 1.29 is 9.78 Å². The molecule has 1 amide bonds. The van der Waals surface area contributed by atoms with E-state index in [-0.39, 0.29) is 29.7 Å². The van der Waals surface area contributed by atoms with Gasteiger partial charge in [0.05, 0.1) is 5.92 Å². The number of hydrogen-bond donors (Lipinski definition) is 4. The highest BCUT2D eigenvalue weighted by Gasteiger charge is 2.47. The maximum Gasteiger partial charge on any atom is 0.307 e. The predicted molar refractivity (Wildman–Crippen MR) is 113 cm³/mol. The second kappa shape index (κ2) is 7.07. The van der Waals surface area contributed by atoms with Gasteiger partial charge in [0.2, 0.25) is 11.4 Å². The third-order valence-corrected chi connectivity index (χ3v) is 6.48. The van der Waals surface area contributed by atoms with Gasteiger partial charge >= 0.3 is 11.6 Å². The first kappa shape index (κ1) is 18.0. The van der Waals surface area contributed by atoms with E-state index in [0.717, 1.165) is 22.5 Å². The molecule has 1 saturated carbocycles. The molecule has 6 N–H and O–H groups in total. The van der Waals surface area contributed by atoms with Crippen molar-refractivity contribution in [2.45, 2.75) is 17.4 Å². The summed E-state index contributed by atoms with van der Waals surface area (Å²) in [6, 6.07) is 8.00. The summed E-state index contributed by atoms with van der Waals surface area (Å²) in [5.41, 5.74) is 8.07. The number of aromatic nitrogens is 4. The largest absolute Gasteiger partial charge is 0.369 e. The molecule has 9 heteroatoms. The van der Waals surface area contributed by atoms with Gasteiger partial charge in [-0.2, -0.15) is 4.98 Å². The van der Waals surface area contributed by atoms with Crippen LogP contribution in [0.1, 0.15) is 6.42 Å². The van der Waals surface area contributed by atoms with Crippen LogP contribution in [0.4, 0.5) is 17.5 Å². The van der Waals surface area contributed by atoms with Gasteiger partial charge in [0, 0.05) is 16.6 Å². The highest BCUT2D eigenvalue weighted by Crippen LogP contribution is 2.45. The third kappa shape index (κ3) is 3.21. The van der Waals surface area contributed by atoms with Crippen LogP contribution in [0.25, 0.3) is 11.2 Å². The molecule has 3 aromatic rings. The zero-order chi connectivity index (χ0) is 20.0. The number of thioether (sulfide) groups is 1. The fraction of sp³-hybridized carbons (Fsp3) is 0.300. The fourth-order valence-corrected chi connectivity index (χ4v) is 4.89. The first-order valence-electron chi connectivity index (χ1n) is 9.54. The molecular weight excluding hydrogens is 386 g/mol. The first-order chi connectivity index (χ1) is 14.1. The Kier molecular flexibility index (Phi) is 4.39. The van der Waals surface area contributed by atoms with Crippen LogP contribution in [0.15, 0.2) is 47.6 Å². The number of nitrogens with zero attached hydrogens (tertiary/aromatic N) is 2. The van der Waals surface area contributed by atoms with Crippen molar-refractivity contribution in [3.63, 3.8) is 0 Å². The van der Waals surface area contributed by atoms with E-state index in [2.05, 4.69) is 49.9 Å². The van der Waals surface area contributed by atoms with Gasteiger partial charge in [-0.15, -0.1) is 11.8 Å². The van der Waals surface area contributed by atoms with Gasteiger partial charge in [-0.25, -0.2) is 4.98 Å². The number of primary amides is 1. The minimum atomic E-state index is -0.269. The van der Waals surface area contributed by atoms with Crippen LogP contribution in [-0.4, -0.2) is 33.2 Å². The van der Waals surface area contributed by atoms with Crippen LogP contribution in [0, 0.1) is 17.8 Å². The molecule has 2 aromatic heterocycles. The number of imidazole rings is 1. The average Bonchev–Trinajstić information content (AvgIpc) is 3.44. The van der Waals surface area contributed by atoms with Gasteiger partial charge < -0.3 is 16.4 Å². The standard InChI is InChI=1S/C20H21N7OS/c1-29-13-4-2-3-12(8-13)24-20-26-18-16(22-9-23-18)19(27-20)25-15-11-6-5-10(7-11)14(15)17(21)28/h2-6,8-11,14-15H,7H2,1H3,(H2,21,28)(H3,22,23,24,25,26,27)/p+1. The lowest BCUT2D eigenvalue weighted by Gasteiger charge is -2.26. The fourth-order valence-electron chi connectivity index (χ4n) is 4.43. The molecule has 148 valence electrons. The maximum atomic E-state index is 12.1. The zero-order valence-corrected chi connectivity index (χ0v) is 16.7. The minimum Gasteiger partial charge on any atom is -0.369 e. The van der Waals surface area contributed by atoms with Crippen molar-refractivity contribution >= 4 is 46.3 Å². The molecule has 4 unspecified atom stereocenters. The maximum absolute atomic E-state index is 12.1. The van der Waals surface area contributed by atoms with Gasteiger partial charge in [-0.05, 0) is 42.7 Å². The van der Waals surface area contributed by atoms with Crippen molar-refractivity contribution in [3.05, 3.63) is 42.7 Å². The number of hydrogen-bond acceptors (Lipinski definition) is 6. The highest BCUT2D eigenvalue weighted by atomic mass is 32.2. The van der Waals surface area contributed by atoms with Crippen LogP contribution in [0.5, 0.6) is 0 Å². The quantitative estimate of drug-likeness (QED) is 0.367. The Morgan fingerprint density at radius 2 is 2.17 bits per heavy atom. The molecule has 5 rings (SSSR count). The van der Waals surface area contributed by atoms with Crippen LogP contribution >= 0.6 is 11.8 Å². The summed E-state index contributed by atoms with van der Waals surface area (Å²) >= 11 is 1.68. The van der Waals surface area contributed by atoms with Crippen molar-refractivity contribution in [2.75, 3.05) is 16.9 Å². The normalized spacial score (nSPS) is 24.9. The summed E-state index contributed by atoms with van der Waals surface area (Å²) in [7, 11) is 0. The number of benzene rings is 1. The van der Waals surface area contributed by atoms with Crippen molar-refractivity contribution in [3.8, 4) is 0 Å². The van der Waals surface area contributed by atoms with Gasteiger partial charge in [-0.3, -0.25) is 9.78 Å². The smallest absolute Gasteiger partial charge is 0.307 e. The van der Waals surface area contributed by atoms with Crippen LogP contribution in [-0.2, 0) is 4.79 Å². The molecule has 29 heavy (non-hydrogen) atoms. The van der Waals surface area contributed by atoms with E-state index in [1.165, 1.54) is 0 Å². The molecule has 0 aliphatic heterocycles. The molecule has 2 aliphatic rings. The van der Waals surface area contributed by atoms with Crippen LogP contribution in [0.2, 0.25) is 0 Å². The molecule has 2 aliphatic carbocycles. The number of aromatic amines is 2. The van der Waals surface area contributed by atoms with Gasteiger partial charge in [0.25, 0.3) is 0 Å². The number of anilines is 3. The number of rotatable bonds is 6. The number of fused-ring (bicyclic) bond motifs is 3. The van der Waals surface area contributed by atoms with Crippen molar-refractivity contribution in [1.29, 1.82) is 0 Å². The molecule has 2 bridgehead atoms. The average molecular weight is 409 g/mol. The number of allylic oxidation sites excluding steroid dienone is 1. The Labute approximate surface area is 171 Å². The molecule has 4 atom stereocenters. The summed E-state index contributed by atoms with van der Waals surface area (Å²) in [6.07, 6.45) is 8.99. The Bertz CT molecular complexity index is 1110.